The molecule has 0 aliphatic rings. The van der Waals surface area contributed by atoms with Crippen LogP contribution in [0.3, 0.4) is 0 Å². The number of methoxy groups -OCH3 is 1. The van der Waals surface area contributed by atoms with Gasteiger partial charge in [0.1, 0.15) is 15.2 Å². The van der Waals surface area contributed by atoms with Crippen LogP contribution in [0.25, 0.3) is 22.5 Å². The molecule has 0 amide bonds. The summed E-state index contributed by atoms with van der Waals surface area (Å²) in [4.78, 5) is 12.7. The van der Waals surface area contributed by atoms with Gasteiger partial charge in [0.25, 0.3) is 0 Å². The summed E-state index contributed by atoms with van der Waals surface area (Å²) in [5.74, 6) is 0.694. The highest BCUT2D eigenvalue weighted by Gasteiger charge is 2.25. The van der Waals surface area contributed by atoms with Gasteiger partial charge in [-0.05, 0) is 39.9 Å². The number of sulfonamides is 1. The van der Waals surface area contributed by atoms with Crippen molar-refractivity contribution >= 4 is 26.0 Å². The molecule has 9 heteroatoms. The molecule has 0 saturated carbocycles. The Morgan fingerprint density at radius 1 is 1.10 bits per heavy atom. The lowest BCUT2D eigenvalue weighted by Gasteiger charge is -2.14. The summed E-state index contributed by atoms with van der Waals surface area (Å²) in [5.41, 5.74) is 2.61. The Labute approximate surface area is 178 Å². The van der Waals surface area contributed by atoms with Gasteiger partial charge in [0.15, 0.2) is 0 Å². The minimum atomic E-state index is -4.12. The van der Waals surface area contributed by atoms with Gasteiger partial charge in [-0.3, -0.25) is 4.98 Å². The number of pyridine rings is 1. The molecule has 0 aliphatic heterocycles. The molecule has 7 nitrogen and oxygen atoms in total. The van der Waals surface area contributed by atoms with Crippen LogP contribution in [0.1, 0.15) is 19.4 Å². The summed E-state index contributed by atoms with van der Waals surface area (Å²) < 4.78 is 30.8. The van der Waals surface area contributed by atoms with Crippen molar-refractivity contribution in [1.82, 2.24) is 15.0 Å². The van der Waals surface area contributed by atoms with Crippen molar-refractivity contribution in [2.24, 2.45) is 11.1 Å². The highest BCUT2D eigenvalue weighted by Crippen LogP contribution is 2.36. The monoisotopic (exact) mass is 476 g/mol. The molecule has 0 atom stereocenters. The fourth-order valence-corrected chi connectivity index (χ4v) is 4.25. The number of halogens is 1. The van der Waals surface area contributed by atoms with Gasteiger partial charge in [-0.1, -0.05) is 38.1 Å². The highest BCUT2D eigenvalue weighted by molar-refractivity contribution is 9.10. The van der Waals surface area contributed by atoms with E-state index in [0.29, 0.717) is 16.1 Å². The van der Waals surface area contributed by atoms with Crippen LogP contribution in [-0.2, 0) is 16.4 Å². The zero-order valence-electron chi connectivity index (χ0n) is 16.3. The maximum atomic E-state index is 12.5. The number of rotatable bonds is 6. The molecule has 0 spiro atoms. The van der Waals surface area contributed by atoms with Crippen LogP contribution in [0.5, 0.6) is 5.88 Å². The van der Waals surface area contributed by atoms with E-state index in [9.17, 15) is 8.42 Å². The fourth-order valence-electron chi connectivity index (χ4n) is 3.08. The molecular formula is C20H21BrN4O3S. The molecule has 1 aromatic carbocycles. The van der Waals surface area contributed by atoms with E-state index in [0.717, 1.165) is 12.0 Å². The molecule has 29 heavy (non-hydrogen) atoms. The van der Waals surface area contributed by atoms with Crippen molar-refractivity contribution in [3.8, 4) is 28.4 Å². The largest absolute Gasteiger partial charge is 0.479 e. The Morgan fingerprint density at radius 2 is 1.79 bits per heavy atom. The van der Waals surface area contributed by atoms with Crippen molar-refractivity contribution in [3.05, 3.63) is 52.9 Å². The van der Waals surface area contributed by atoms with Crippen molar-refractivity contribution < 1.29 is 13.2 Å². The second kappa shape index (κ2) is 8.56. The van der Waals surface area contributed by atoms with Crippen LogP contribution in [0.15, 0.2) is 52.2 Å². The average molecular weight is 477 g/mol. The first kappa shape index (κ1) is 21.4. The number of primary sulfonamides is 1. The van der Waals surface area contributed by atoms with Crippen LogP contribution in [0.4, 0.5) is 0 Å². The van der Waals surface area contributed by atoms with Gasteiger partial charge >= 0.3 is 0 Å². The third-order valence-corrected chi connectivity index (χ3v) is 5.58. The smallest absolute Gasteiger partial charge is 0.241 e. The van der Waals surface area contributed by atoms with E-state index >= 15 is 0 Å². The number of benzene rings is 1. The standard InChI is InChI=1S/C20H21BrN4O3S/c1-12(2)10-13-4-6-14(7-5-13)17-19(29(22,26)27)15(8-9-23-17)18-20(28-3)25-16(21)11-24-18/h4-9,11-12H,10H2,1-3H3,(H2,22,26,27). The number of ether oxygens (including phenoxy) is 1. The second-order valence-corrected chi connectivity index (χ2v) is 9.24. The first-order chi connectivity index (χ1) is 13.7. The molecule has 0 unspecified atom stereocenters. The molecule has 152 valence electrons. The maximum absolute atomic E-state index is 12.5. The predicted molar refractivity (Wildman–Crippen MR) is 115 cm³/mol. The highest BCUT2D eigenvalue weighted by atomic mass is 79.9. The normalized spacial score (nSPS) is 11.7. The van der Waals surface area contributed by atoms with Gasteiger partial charge in [0.2, 0.25) is 15.9 Å². The van der Waals surface area contributed by atoms with Crippen molar-refractivity contribution in [1.29, 1.82) is 0 Å². The van der Waals surface area contributed by atoms with Gasteiger partial charge in [0, 0.05) is 17.3 Å². The molecule has 2 N–H and O–H groups in total. The summed E-state index contributed by atoms with van der Waals surface area (Å²) in [6.45, 7) is 4.29. The van der Waals surface area contributed by atoms with Crippen LogP contribution < -0.4 is 9.88 Å². The van der Waals surface area contributed by atoms with E-state index < -0.39 is 10.0 Å². The number of aromatic nitrogens is 3. The molecular weight excluding hydrogens is 456 g/mol. The summed E-state index contributed by atoms with van der Waals surface area (Å²) in [6.07, 6.45) is 3.91. The van der Waals surface area contributed by atoms with Gasteiger partial charge < -0.3 is 4.74 Å². The summed E-state index contributed by atoms with van der Waals surface area (Å²) in [6, 6.07) is 9.18. The molecule has 0 fully saturated rings. The molecule has 3 aromatic rings. The van der Waals surface area contributed by atoms with E-state index in [2.05, 4.69) is 44.7 Å². The van der Waals surface area contributed by atoms with Crippen LogP contribution in [0.2, 0.25) is 0 Å². The van der Waals surface area contributed by atoms with Gasteiger partial charge in [-0.15, -0.1) is 0 Å². The lowest BCUT2D eigenvalue weighted by atomic mass is 10.00. The number of hydrogen-bond donors (Lipinski definition) is 1. The predicted octanol–water partition coefficient (Wildman–Crippen LogP) is 3.82. The van der Waals surface area contributed by atoms with Gasteiger partial charge in [0.05, 0.1) is 19.0 Å². The third kappa shape index (κ3) is 4.80. The first-order valence-corrected chi connectivity index (χ1v) is 11.2. The van der Waals surface area contributed by atoms with Crippen molar-refractivity contribution in [3.63, 3.8) is 0 Å². The Bertz CT molecular complexity index is 1130. The molecule has 0 aliphatic carbocycles. The molecule has 2 aromatic heterocycles. The van der Waals surface area contributed by atoms with Crippen LogP contribution >= 0.6 is 15.9 Å². The van der Waals surface area contributed by atoms with Gasteiger partial charge in [-0.25, -0.2) is 23.5 Å². The summed E-state index contributed by atoms with van der Waals surface area (Å²) in [5, 5.41) is 5.58. The lowest BCUT2D eigenvalue weighted by molar-refractivity contribution is 0.396. The minimum absolute atomic E-state index is 0.119. The molecule has 2 heterocycles. The summed E-state index contributed by atoms with van der Waals surface area (Å²) in [7, 11) is -2.69. The maximum Gasteiger partial charge on any atom is 0.241 e. The SMILES string of the molecule is COc1nc(Br)cnc1-c1ccnc(-c2ccc(CC(C)C)cc2)c1S(N)(=O)=O. The third-order valence-electron chi connectivity index (χ3n) is 4.22. The molecule has 0 radical (unpaired) electrons. The zero-order valence-corrected chi connectivity index (χ0v) is 18.7. The van der Waals surface area contributed by atoms with E-state index in [1.165, 1.54) is 25.6 Å². The lowest BCUT2D eigenvalue weighted by Crippen LogP contribution is -2.16. The summed E-state index contributed by atoms with van der Waals surface area (Å²) >= 11 is 3.23. The van der Waals surface area contributed by atoms with Crippen molar-refractivity contribution in [2.45, 2.75) is 25.2 Å². The Morgan fingerprint density at radius 3 is 2.38 bits per heavy atom. The van der Waals surface area contributed by atoms with Crippen LogP contribution in [-0.4, -0.2) is 30.5 Å². The van der Waals surface area contributed by atoms with E-state index in [4.69, 9.17) is 9.88 Å². The minimum Gasteiger partial charge on any atom is -0.479 e. The number of nitrogens with zero attached hydrogens (tertiary/aromatic N) is 3. The Hall–Kier alpha value is -2.36. The average Bonchev–Trinajstić information content (AvgIpc) is 2.66. The van der Waals surface area contributed by atoms with Crippen molar-refractivity contribution in [2.75, 3.05) is 7.11 Å². The molecule has 0 saturated heterocycles. The first-order valence-electron chi connectivity index (χ1n) is 8.88. The van der Waals surface area contributed by atoms with E-state index in [1.807, 2.05) is 24.3 Å². The zero-order chi connectivity index (χ0) is 21.2. The Kier molecular flexibility index (Phi) is 6.30. The van der Waals surface area contributed by atoms with E-state index in [-0.39, 0.29) is 27.7 Å². The van der Waals surface area contributed by atoms with Crippen LogP contribution in [0, 0.1) is 5.92 Å². The number of nitrogens with two attached hydrogens (primary N) is 1. The quantitative estimate of drug-likeness (QED) is 0.578. The fraction of sp³-hybridized carbons (Fsp3) is 0.250. The topological polar surface area (TPSA) is 108 Å². The molecule has 3 rings (SSSR count). The second-order valence-electron chi connectivity index (χ2n) is 6.93. The molecule has 0 bridgehead atoms. The number of hydrogen-bond acceptors (Lipinski definition) is 6. The van der Waals surface area contributed by atoms with E-state index in [1.54, 1.807) is 0 Å². The van der Waals surface area contributed by atoms with Gasteiger partial charge in [-0.2, -0.15) is 0 Å². The Balaban J connectivity index is 2.22.